The third-order valence-corrected chi connectivity index (χ3v) is 7.54. The molecule has 1 aromatic carbocycles. The van der Waals surface area contributed by atoms with Crippen LogP contribution < -0.4 is 10.4 Å². The average Bonchev–Trinajstić information content (AvgIpc) is 3.56. The first-order valence-corrected chi connectivity index (χ1v) is 11.0. The molecular weight excluding hydrogens is 398 g/mol. The highest BCUT2D eigenvalue weighted by Gasteiger charge is 2.56. The number of aromatic hydroxyl groups is 1. The van der Waals surface area contributed by atoms with Crippen molar-refractivity contribution in [2.75, 3.05) is 11.6 Å². The predicted molar refractivity (Wildman–Crippen MR) is 114 cm³/mol. The van der Waals surface area contributed by atoms with Gasteiger partial charge in [-0.2, -0.15) is 0 Å². The number of nitrogens with zero attached hydrogens (tertiary/aromatic N) is 3. The monoisotopic (exact) mass is 417 g/mol. The summed E-state index contributed by atoms with van der Waals surface area (Å²) in [5.41, 5.74) is 2.30. The van der Waals surface area contributed by atoms with Crippen LogP contribution in [-0.4, -0.2) is 27.1 Å². The number of hydrogen-bond donors (Lipinski definition) is 1. The maximum absolute atomic E-state index is 13.2. The second kappa shape index (κ2) is 6.22. The predicted octanol–water partition coefficient (Wildman–Crippen LogP) is 3.26. The van der Waals surface area contributed by atoms with Crippen LogP contribution in [0.15, 0.2) is 64.5 Å². The van der Waals surface area contributed by atoms with Crippen LogP contribution in [-0.2, 0) is 5.75 Å². The van der Waals surface area contributed by atoms with Gasteiger partial charge in [0.05, 0.1) is 17.2 Å². The molecule has 2 aromatic heterocycles. The quantitative estimate of drug-likeness (QED) is 0.655. The molecule has 7 heteroatoms. The minimum atomic E-state index is -0.526. The van der Waals surface area contributed by atoms with Crippen LogP contribution in [0.2, 0.25) is 0 Å². The SMILES string of the molecule is O=C1c2c(O)c(=O)ccn2N([C@@H]2c3ccccc3SCc3ncccc32)CC12CC2. The summed E-state index contributed by atoms with van der Waals surface area (Å²) >= 11 is 1.76. The number of pyridine rings is 2. The Kier molecular flexibility index (Phi) is 3.68. The number of carbonyl (C=O) groups is 1. The Morgan fingerprint density at radius 1 is 1.07 bits per heavy atom. The van der Waals surface area contributed by atoms with Crippen LogP contribution in [0, 0.1) is 5.41 Å². The van der Waals surface area contributed by atoms with E-state index in [2.05, 4.69) is 28.2 Å². The molecule has 1 saturated carbocycles. The summed E-state index contributed by atoms with van der Waals surface area (Å²) in [6.07, 6.45) is 4.97. The van der Waals surface area contributed by atoms with Gasteiger partial charge in [0.15, 0.2) is 17.2 Å². The number of rotatable bonds is 1. The normalized spacial score (nSPS) is 20.9. The van der Waals surface area contributed by atoms with Gasteiger partial charge in [-0.15, -0.1) is 11.8 Å². The van der Waals surface area contributed by atoms with Gasteiger partial charge in [-0.25, -0.2) is 0 Å². The molecule has 6 nitrogen and oxygen atoms in total. The Bertz CT molecular complexity index is 1220. The van der Waals surface area contributed by atoms with Crippen molar-refractivity contribution in [3.63, 3.8) is 0 Å². The molecule has 3 aliphatic rings. The van der Waals surface area contributed by atoms with E-state index in [1.807, 2.05) is 24.4 Å². The first-order valence-electron chi connectivity index (χ1n) is 10.0. The molecule has 30 heavy (non-hydrogen) atoms. The van der Waals surface area contributed by atoms with Crippen molar-refractivity contribution < 1.29 is 9.90 Å². The van der Waals surface area contributed by atoms with Crippen molar-refractivity contribution in [2.45, 2.75) is 29.5 Å². The van der Waals surface area contributed by atoms with Gasteiger partial charge in [0, 0.05) is 41.2 Å². The number of aromatic nitrogens is 2. The molecule has 4 heterocycles. The Morgan fingerprint density at radius 2 is 1.87 bits per heavy atom. The van der Waals surface area contributed by atoms with Crippen molar-refractivity contribution >= 4 is 17.5 Å². The lowest BCUT2D eigenvalue weighted by Gasteiger charge is -2.42. The van der Waals surface area contributed by atoms with E-state index in [0.29, 0.717) is 6.54 Å². The number of ketones is 1. The van der Waals surface area contributed by atoms with Gasteiger partial charge in [-0.1, -0.05) is 24.3 Å². The second-order valence-corrected chi connectivity index (χ2v) is 9.21. The fourth-order valence-corrected chi connectivity index (χ4v) is 5.75. The smallest absolute Gasteiger partial charge is 0.224 e. The first-order chi connectivity index (χ1) is 14.6. The topological polar surface area (TPSA) is 75.4 Å². The lowest BCUT2D eigenvalue weighted by atomic mass is 9.91. The van der Waals surface area contributed by atoms with Gasteiger partial charge in [-0.05, 0) is 30.5 Å². The van der Waals surface area contributed by atoms with Gasteiger partial charge in [0.25, 0.3) is 0 Å². The molecule has 0 amide bonds. The number of benzene rings is 1. The molecule has 150 valence electrons. The standard InChI is InChI=1S/C23H19N3O3S/c27-17-7-11-25-20(21(17)28)22(29)23(8-9-23)13-26(25)19-14-5-3-10-24-16(14)12-30-18-6-2-1-4-15(18)19/h1-7,10-11,19,28H,8-9,12-13H2/t19-/m0/s1. The molecule has 1 spiro atoms. The Hall–Kier alpha value is -3.06. The van der Waals surface area contributed by atoms with Gasteiger partial charge in [0.1, 0.15) is 0 Å². The third-order valence-electron chi connectivity index (χ3n) is 6.44. The minimum Gasteiger partial charge on any atom is -0.503 e. The molecule has 3 aromatic rings. The lowest BCUT2D eigenvalue weighted by molar-refractivity contribution is 0.0856. The maximum atomic E-state index is 13.2. The van der Waals surface area contributed by atoms with Crippen molar-refractivity contribution in [3.8, 4) is 5.75 Å². The highest BCUT2D eigenvalue weighted by molar-refractivity contribution is 7.98. The molecule has 1 aliphatic carbocycles. The molecular formula is C23H19N3O3S. The minimum absolute atomic E-state index is 0.103. The van der Waals surface area contributed by atoms with E-state index in [4.69, 9.17) is 0 Å². The summed E-state index contributed by atoms with van der Waals surface area (Å²) in [4.78, 5) is 31.2. The zero-order valence-electron chi connectivity index (χ0n) is 16.1. The third kappa shape index (κ3) is 2.41. The van der Waals surface area contributed by atoms with E-state index in [0.717, 1.165) is 35.4 Å². The van der Waals surface area contributed by atoms with Crippen molar-refractivity contribution in [3.05, 3.63) is 87.6 Å². The summed E-state index contributed by atoms with van der Waals surface area (Å²) in [5, 5.41) is 12.7. The van der Waals surface area contributed by atoms with Crippen LogP contribution >= 0.6 is 11.8 Å². The summed E-state index contributed by atoms with van der Waals surface area (Å²) in [6, 6.07) is 13.5. The molecule has 0 bridgehead atoms. The van der Waals surface area contributed by atoms with E-state index in [1.54, 1.807) is 22.6 Å². The van der Waals surface area contributed by atoms with Gasteiger partial charge < -0.3 is 5.11 Å². The zero-order chi connectivity index (χ0) is 20.5. The average molecular weight is 417 g/mol. The molecule has 0 radical (unpaired) electrons. The Balaban J connectivity index is 1.63. The largest absolute Gasteiger partial charge is 0.503 e. The van der Waals surface area contributed by atoms with E-state index in [1.165, 1.54) is 11.0 Å². The highest BCUT2D eigenvalue weighted by Crippen LogP contribution is 2.53. The molecule has 1 atom stereocenters. The number of thioether (sulfide) groups is 1. The van der Waals surface area contributed by atoms with Crippen molar-refractivity contribution in [1.29, 1.82) is 0 Å². The zero-order valence-corrected chi connectivity index (χ0v) is 16.9. The van der Waals surface area contributed by atoms with E-state index < -0.39 is 16.6 Å². The Morgan fingerprint density at radius 3 is 2.70 bits per heavy atom. The molecule has 6 rings (SSSR count). The van der Waals surface area contributed by atoms with E-state index in [9.17, 15) is 14.7 Å². The fraction of sp³-hybridized carbons (Fsp3) is 0.261. The van der Waals surface area contributed by atoms with E-state index in [-0.39, 0.29) is 17.5 Å². The lowest BCUT2D eigenvalue weighted by Crippen LogP contribution is -2.51. The van der Waals surface area contributed by atoms with Gasteiger partial charge in [0.2, 0.25) is 5.43 Å². The van der Waals surface area contributed by atoms with Crippen LogP contribution in [0.1, 0.15) is 46.2 Å². The summed E-state index contributed by atoms with van der Waals surface area (Å²) in [7, 11) is 0. The van der Waals surface area contributed by atoms with Crippen molar-refractivity contribution in [2.24, 2.45) is 5.41 Å². The van der Waals surface area contributed by atoms with E-state index >= 15 is 0 Å². The molecule has 0 unspecified atom stereocenters. The molecule has 1 N–H and O–H groups in total. The number of Topliss-reactive ketones (excluding diaryl/α,β-unsaturated/α-hetero) is 1. The maximum Gasteiger partial charge on any atom is 0.224 e. The number of fused-ring (bicyclic) bond motifs is 3. The molecule has 1 fully saturated rings. The van der Waals surface area contributed by atoms with Crippen LogP contribution in [0.5, 0.6) is 5.75 Å². The van der Waals surface area contributed by atoms with Crippen LogP contribution in [0.4, 0.5) is 0 Å². The highest BCUT2D eigenvalue weighted by atomic mass is 32.2. The van der Waals surface area contributed by atoms with Crippen LogP contribution in [0.3, 0.4) is 0 Å². The molecule has 2 aliphatic heterocycles. The number of carbonyl (C=O) groups excluding carboxylic acids is 1. The second-order valence-electron chi connectivity index (χ2n) is 8.20. The molecule has 0 saturated heterocycles. The Labute approximate surface area is 177 Å². The fourth-order valence-electron chi connectivity index (χ4n) is 4.70. The van der Waals surface area contributed by atoms with Crippen LogP contribution in [0.25, 0.3) is 0 Å². The summed E-state index contributed by atoms with van der Waals surface area (Å²) < 4.78 is 1.69. The van der Waals surface area contributed by atoms with Crippen molar-refractivity contribution in [1.82, 2.24) is 9.66 Å². The first kappa shape index (κ1) is 17.8. The summed E-state index contributed by atoms with van der Waals surface area (Å²) in [6.45, 7) is 0.541. The summed E-state index contributed by atoms with van der Waals surface area (Å²) in [5.74, 6) is 0.182. The number of hydrogen-bond acceptors (Lipinski definition) is 6. The van der Waals surface area contributed by atoms with Gasteiger partial charge >= 0.3 is 0 Å². The van der Waals surface area contributed by atoms with Gasteiger partial charge in [-0.3, -0.25) is 24.3 Å².